The molecule has 3 rings (SSSR count). The Bertz CT molecular complexity index is 871. The van der Waals surface area contributed by atoms with Crippen molar-refractivity contribution in [3.05, 3.63) is 28.3 Å². The summed E-state index contributed by atoms with van der Waals surface area (Å²) in [5, 5.41) is 19.5. The van der Waals surface area contributed by atoms with Crippen LogP contribution in [0.3, 0.4) is 0 Å². The summed E-state index contributed by atoms with van der Waals surface area (Å²) in [6, 6.07) is 4.90. The molecule has 0 radical (unpaired) electrons. The van der Waals surface area contributed by atoms with Crippen LogP contribution in [0.2, 0.25) is 5.02 Å². The lowest BCUT2D eigenvalue weighted by molar-refractivity contribution is -0.233. The largest absolute Gasteiger partial charge is 0.495 e. The van der Waals surface area contributed by atoms with Gasteiger partial charge in [0.05, 0.1) is 30.2 Å². The SMILES string of the molecule is COc1ccc(C#N)c(CC(=O)N2CC[C@@H]3[C@H](CCC[C@H]3C(O)C(F)(F)F)[C@@H]2C)c1Cl. The van der Waals surface area contributed by atoms with Gasteiger partial charge in [-0.05, 0) is 56.1 Å². The summed E-state index contributed by atoms with van der Waals surface area (Å²) < 4.78 is 44.6. The Balaban J connectivity index is 1.78. The minimum absolute atomic E-state index is 0.0880. The van der Waals surface area contributed by atoms with Crippen molar-refractivity contribution in [1.29, 1.82) is 5.26 Å². The Morgan fingerprint density at radius 2 is 2.06 bits per heavy atom. The zero-order valence-electron chi connectivity index (χ0n) is 17.5. The third-order valence-corrected chi connectivity index (χ3v) is 7.34. The van der Waals surface area contributed by atoms with E-state index in [9.17, 15) is 28.3 Å². The number of carbonyl (C=O) groups is 1. The first kappa shape index (κ1) is 23.7. The number of aliphatic hydroxyl groups excluding tert-OH is 1. The molecular weight excluding hydrogens is 433 g/mol. The molecule has 0 bridgehead atoms. The maximum Gasteiger partial charge on any atom is 0.414 e. The zero-order valence-corrected chi connectivity index (χ0v) is 18.2. The fraction of sp³-hybridized carbons (Fsp3) is 0.636. The minimum atomic E-state index is -4.64. The van der Waals surface area contributed by atoms with Gasteiger partial charge < -0.3 is 14.7 Å². The monoisotopic (exact) mass is 458 g/mol. The van der Waals surface area contributed by atoms with Crippen molar-refractivity contribution in [2.75, 3.05) is 13.7 Å². The van der Waals surface area contributed by atoms with Crippen LogP contribution in [0, 0.1) is 29.1 Å². The maximum atomic E-state index is 13.1. The molecule has 0 aromatic heterocycles. The normalized spacial score (nSPS) is 27.2. The molecule has 5 atom stereocenters. The number of nitrogens with zero attached hydrogens (tertiary/aromatic N) is 2. The van der Waals surface area contributed by atoms with Crippen LogP contribution in [-0.4, -0.2) is 47.9 Å². The van der Waals surface area contributed by atoms with E-state index in [1.165, 1.54) is 7.11 Å². The van der Waals surface area contributed by atoms with E-state index in [2.05, 4.69) is 0 Å². The van der Waals surface area contributed by atoms with Crippen molar-refractivity contribution in [3.63, 3.8) is 0 Å². The van der Waals surface area contributed by atoms with Gasteiger partial charge in [0.1, 0.15) is 5.75 Å². The molecule has 1 aliphatic carbocycles. The first-order valence-electron chi connectivity index (χ1n) is 10.4. The lowest BCUT2D eigenvalue weighted by Gasteiger charge is -2.50. The van der Waals surface area contributed by atoms with E-state index in [4.69, 9.17) is 16.3 Å². The van der Waals surface area contributed by atoms with Gasteiger partial charge in [-0.2, -0.15) is 18.4 Å². The number of piperidine rings is 1. The standard InChI is InChI=1S/C22H26ClF3N2O3/c1-12-14-4-3-5-16(21(30)22(24,25)26)15(14)8-9-28(12)19(29)10-17-13(11-27)6-7-18(31-2)20(17)23/h6-7,12,14-16,21,30H,3-5,8-10H2,1-2H3/t12-,14+,15+,16+,21?/m0/s1. The van der Waals surface area contributed by atoms with Crippen molar-refractivity contribution >= 4 is 17.5 Å². The second kappa shape index (κ2) is 9.25. The molecule has 1 aromatic carbocycles. The highest BCUT2D eigenvalue weighted by Crippen LogP contribution is 2.47. The lowest BCUT2D eigenvalue weighted by Crippen LogP contribution is -2.55. The number of carbonyl (C=O) groups excluding carboxylic acids is 1. The molecule has 0 spiro atoms. The Labute approximate surface area is 184 Å². The summed E-state index contributed by atoms with van der Waals surface area (Å²) in [6.07, 6.45) is -4.99. The van der Waals surface area contributed by atoms with Crippen LogP contribution in [0.4, 0.5) is 13.2 Å². The van der Waals surface area contributed by atoms with Gasteiger partial charge in [-0.25, -0.2) is 0 Å². The first-order valence-corrected chi connectivity index (χ1v) is 10.8. The summed E-state index contributed by atoms with van der Waals surface area (Å²) in [5.41, 5.74) is 0.671. The number of likely N-dealkylation sites (tertiary alicyclic amines) is 1. The minimum Gasteiger partial charge on any atom is -0.495 e. The van der Waals surface area contributed by atoms with Gasteiger partial charge in [-0.3, -0.25) is 4.79 Å². The van der Waals surface area contributed by atoms with Crippen molar-refractivity contribution in [1.82, 2.24) is 4.90 Å². The van der Waals surface area contributed by atoms with Gasteiger partial charge in [-0.1, -0.05) is 18.0 Å². The molecular formula is C22H26ClF3N2O3. The molecule has 1 aliphatic heterocycles. The van der Waals surface area contributed by atoms with Crippen molar-refractivity contribution in [2.24, 2.45) is 17.8 Å². The zero-order chi connectivity index (χ0) is 22.9. The molecule has 1 amide bonds. The number of alkyl halides is 3. The molecule has 1 saturated carbocycles. The summed E-state index contributed by atoms with van der Waals surface area (Å²) in [7, 11) is 1.45. The highest BCUT2D eigenvalue weighted by atomic mass is 35.5. The second-order valence-electron chi connectivity index (χ2n) is 8.42. The number of hydrogen-bond donors (Lipinski definition) is 1. The summed E-state index contributed by atoms with van der Waals surface area (Å²) in [6.45, 7) is 2.17. The van der Waals surface area contributed by atoms with Gasteiger partial charge in [-0.15, -0.1) is 0 Å². The Hall–Kier alpha value is -1.98. The van der Waals surface area contributed by atoms with E-state index in [0.29, 0.717) is 37.1 Å². The van der Waals surface area contributed by atoms with E-state index < -0.39 is 18.2 Å². The fourth-order valence-corrected chi connectivity index (χ4v) is 5.67. The van der Waals surface area contributed by atoms with E-state index in [1.807, 2.05) is 13.0 Å². The number of amides is 1. The highest BCUT2D eigenvalue weighted by Gasteiger charge is 2.51. The Kier molecular flexibility index (Phi) is 7.07. The fourth-order valence-electron chi connectivity index (χ4n) is 5.36. The van der Waals surface area contributed by atoms with Crippen LogP contribution in [0.1, 0.15) is 43.7 Å². The van der Waals surface area contributed by atoms with Gasteiger partial charge in [0.15, 0.2) is 6.10 Å². The predicted molar refractivity (Wildman–Crippen MR) is 109 cm³/mol. The predicted octanol–water partition coefficient (Wildman–Crippen LogP) is 4.34. The topological polar surface area (TPSA) is 73.6 Å². The molecule has 2 fully saturated rings. The smallest absolute Gasteiger partial charge is 0.414 e. The molecule has 1 unspecified atom stereocenters. The average molecular weight is 459 g/mol. The van der Waals surface area contributed by atoms with Crippen molar-refractivity contribution in [3.8, 4) is 11.8 Å². The number of aliphatic hydroxyl groups is 1. The number of fused-ring (bicyclic) bond motifs is 1. The van der Waals surface area contributed by atoms with Gasteiger partial charge in [0, 0.05) is 18.2 Å². The summed E-state index contributed by atoms with van der Waals surface area (Å²) >= 11 is 6.34. The average Bonchev–Trinajstić information content (AvgIpc) is 2.73. The van der Waals surface area contributed by atoms with E-state index in [1.54, 1.807) is 17.0 Å². The second-order valence-corrected chi connectivity index (χ2v) is 8.80. The third-order valence-electron chi connectivity index (χ3n) is 6.93. The van der Waals surface area contributed by atoms with Crippen LogP contribution < -0.4 is 4.74 Å². The summed E-state index contributed by atoms with van der Waals surface area (Å²) in [5.74, 6) is -1.08. The van der Waals surface area contributed by atoms with Crippen LogP contribution >= 0.6 is 11.6 Å². The van der Waals surface area contributed by atoms with Crippen LogP contribution in [0.15, 0.2) is 12.1 Å². The number of methoxy groups -OCH3 is 1. The number of hydrogen-bond acceptors (Lipinski definition) is 4. The van der Waals surface area contributed by atoms with E-state index in [0.717, 1.165) is 6.42 Å². The van der Waals surface area contributed by atoms with Gasteiger partial charge in [0.25, 0.3) is 0 Å². The van der Waals surface area contributed by atoms with Crippen molar-refractivity contribution in [2.45, 2.75) is 57.3 Å². The Morgan fingerprint density at radius 3 is 2.68 bits per heavy atom. The van der Waals surface area contributed by atoms with Crippen LogP contribution in [0.25, 0.3) is 0 Å². The molecule has 9 heteroatoms. The Morgan fingerprint density at radius 1 is 1.35 bits per heavy atom. The van der Waals surface area contributed by atoms with Gasteiger partial charge in [0.2, 0.25) is 5.91 Å². The van der Waals surface area contributed by atoms with Crippen LogP contribution in [-0.2, 0) is 11.2 Å². The number of halogens is 4. The van der Waals surface area contributed by atoms with E-state index >= 15 is 0 Å². The molecule has 1 aromatic rings. The van der Waals surface area contributed by atoms with E-state index in [-0.39, 0.29) is 40.8 Å². The highest BCUT2D eigenvalue weighted by molar-refractivity contribution is 6.33. The number of nitriles is 1. The quantitative estimate of drug-likeness (QED) is 0.728. The molecule has 1 heterocycles. The molecule has 5 nitrogen and oxygen atoms in total. The number of rotatable bonds is 4. The van der Waals surface area contributed by atoms with Crippen LogP contribution in [0.5, 0.6) is 5.75 Å². The molecule has 1 N–H and O–H groups in total. The summed E-state index contributed by atoms with van der Waals surface area (Å²) in [4.78, 5) is 14.8. The molecule has 170 valence electrons. The number of ether oxygens (including phenoxy) is 1. The molecule has 2 aliphatic rings. The maximum absolute atomic E-state index is 13.1. The van der Waals surface area contributed by atoms with Crippen molar-refractivity contribution < 1.29 is 27.8 Å². The number of benzene rings is 1. The van der Waals surface area contributed by atoms with Gasteiger partial charge >= 0.3 is 6.18 Å². The first-order chi connectivity index (χ1) is 14.6. The molecule has 1 saturated heterocycles. The molecule has 31 heavy (non-hydrogen) atoms. The third kappa shape index (κ3) is 4.63. The lowest BCUT2D eigenvalue weighted by atomic mass is 9.64.